The van der Waals surface area contributed by atoms with Crippen LogP contribution in [0.15, 0.2) is 24.3 Å². The smallest absolute Gasteiger partial charge is 0.130 e. The van der Waals surface area contributed by atoms with E-state index in [2.05, 4.69) is 0 Å². The van der Waals surface area contributed by atoms with Gasteiger partial charge < -0.3 is 15.2 Å². The molecule has 1 aromatic rings. The molecule has 0 aliphatic rings. The predicted molar refractivity (Wildman–Crippen MR) is 64.1 cm³/mol. The van der Waals surface area contributed by atoms with Gasteiger partial charge in [0.1, 0.15) is 11.6 Å². The van der Waals surface area contributed by atoms with Crippen molar-refractivity contribution in [3.63, 3.8) is 0 Å². The maximum atomic E-state index is 7.40. The van der Waals surface area contributed by atoms with E-state index < -0.39 is 0 Å². The number of hydrogen-bond donors (Lipinski definition) is 2. The van der Waals surface area contributed by atoms with E-state index in [1.54, 1.807) is 6.07 Å². The number of nitrogen functional groups attached to an aromatic ring is 1. The van der Waals surface area contributed by atoms with Crippen molar-refractivity contribution in [2.24, 2.45) is 5.73 Å². The second kappa shape index (κ2) is 6.85. The standard InChI is InChI=1S/C12H18N2O2/c1-2-15-8-5-9-16-11-7-4-3-6-10(11)12(13)14/h3-4,6-7H,2,5,8-9H2,1H3,(H3,13,14). The van der Waals surface area contributed by atoms with Gasteiger partial charge in [-0.1, -0.05) is 12.1 Å². The van der Waals surface area contributed by atoms with Gasteiger partial charge in [-0.25, -0.2) is 0 Å². The summed E-state index contributed by atoms with van der Waals surface area (Å²) in [4.78, 5) is 0. The Hall–Kier alpha value is -1.55. The molecule has 0 amide bonds. The predicted octanol–water partition coefficient (Wildman–Crippen LogP) is 1.78. The molecule has 0 aromatic heterocycles. The Kier molecular flexibility index (Phi) is 5.36. The highest BCUT2D eigenvalue weighted by Crippen LogP contribution is 2.17. The molecule has 0 unspecified atom stereocenters. The Morgan fingerprint density at radius 3 is 2.75 bits per heavy atom. The molecule has 0 atom stereocenters. The summed E-state index contributed by atoms with van der Waals surface area (Å²) < 4.78 is 10.7. The highest BCUT2D eigenvalue weighted by Gasteiger charge is 2.04. The van der Waals surface area contributed by atoms with Crippen LogP contribution < -0.4 is 10.5 Å². The molecule has 0 radical (unpaired) electrons. The number of nitrogens with two attached hydrogens (primary N) is 1. The number of para-hydroxylation sites is 1. The number of hydrogen-bond acceptors (Lipinski definition) is 3. The van der Waals surface area contributed by atoms with Crippen molar-refractivity contribution in [1.82, 2.24) is 0 Å². The summed E-state index contributed by atoms with van der Waals surface area (Å²) in [6.45, 7) is 3.96. The van der Waals surface area contributed by atoms with Crippen LogP contribution in [0, 0.1) is 5.41 Å². The minimum atomic E-state index is 0.0282. The Morgan fingerprint density at radius 2 is 2.06 bits per heavy atom. The number of rotatable bonds is 7. The topological polar surface area (TPSA) is 68.3 Å². The van der Waals surface area contributed by atoms with E-state index >= 15 is 0 Å². The molecular weight excluding hydrogens is 204 g/mol. The fourth-order valence-corrected chi connectivity index (χ4v) is 1.30. The first-order valence-corrected chi connectivity index (χ1v) is 5.39. The van der Waals surface area contributed by atoms with Crippen LogP contribution in [0.3, 0.4) is 0 Å². The summed E-state index contributed by atoms with van der Waals surface area (Å²) in [5.41, 5.74) is 6.08. The molecule has 0 aliphatic heterocycles. The zero-order valence-electron chi connectivity index (χ0n) is 9.53. The number of ether oxygens (including phenoxy) is 2. The van der Waals surface area contributed by atoms with E-state index in [1.165, 1.54) is 0 Å². The Bertz CT molecular complexity index is 340. The highest BCUT2D eigenvalue weighted by molar-refractivity contribution is 5.97. The molecule has 0 spiro atoms. The number of amidine groups is 1. The van der Waals surface area contributed by atoms with Crippen LogP contribution in [0.5, 0.6) is 5.75 Å². The van der Waals surface area contributed by atoms with Crippen LogP contribution >= 0.6 is 0 Å². The van der Waals surface area contributed by atoms with Gasteiger partial charge in [0.25, 0.3) is 0 Å². The average molecular weight is 222 g/mol. The van der Waals surface area contributed by atoms with E-state index in [9.17, 15) is 0 Å². The fraction of sp³-hybridized carbons (Fsp3) is 0.417. The summed E-state index contributed by atoms with van der Waals surface area (Å²) in [6, 6.07) is 7.30. The molecular formula is C12H18N2O2. The molecule has 4 heteroatoms. The molecule has 0 bridgehead atoms. The molecule has 88 valence electrons. The summed E-state index contributed by atoms with van der Waals surface area (Å²) in [7, 11) is 0. The largest absolute Gasteiger partial charge is 0.493 e. The van der Waals surface area contributed by atoms with Crippen LogP contribution in [0.25, 0.3) is 0 Å². The summed E-state index contributed by atoms with van der Waals surface area (Å²) in [5.74, 6) is 0.687. The zero-order valence-corrected chi connectivity index (χ0v) is 9.53. The number of benzene rings is 1. The maximum Gasteiger partial charge on any atom is 0.130 e. The van der Waals surface area contributed by atoms with Gasteiger partial charge in [-0.2, -0.15) is 0 Å². The molecule has 1 aromatic carbocycles. The normalized spacial score (nSPS) is 10.1. The average Bonchev–Trinajstić information content (AvgIpc) is 2.29. The highest BCUT2D eigenvalue weighted by atomic mass is 16.5. The van der Waals surface area contributed by atoms with E-state index in [0.717, 1.165) is 13.0 Å². The Labute approximate surface area is 95.9 Å². The second-order valence-electron chi connectivity index (χ2n) is 3.31. The first-order valence-electron chi connectivity index (χ1n) is 5.39. The number of nitrogens with one attached hydrogen (secondary N) is 1. The van der Waals surface area contributed by atoms with E-state index in [1.807, 2.05) is 25.1 Å². The first-order chi connectivity index (χ1) is 7.75. The summed E-state index contributed by atoms with van der Waals surface area (Å²) in [6.07, 6.45) is 0.833. The van der Waals surface area contributed by atoms with Gasteiger partial charge in [0.05, 0.1) is 12.2 Å². The van der Waals surface area contributed by atoms with Crippen LogP contribution in [0.4, 0.5) is 0 Å². The lowest BCUT2D eigenvalue weighted by Crippen LogP contribution is -2.13. The Balaban J connectivity index is 2.44. The van der Waals surface area contributed by atoms with Crippen molar-refractivity contribution in [2.45, 2.75) is 13.3 Å². The van der Waals surface area contributed by atoms with Crippen LogP contribution in [0.1, 0.15) is 18.9 Å². The third kappa shape index (κ3) is 3.90. The van der Waals surface area contributed by atoms with Gasteiger partial charge in [-0.05, 0) is 19.1 Å². The Morgan fingerprint density at radius 1 is 1.31 bits per heavy atom. The molecule has 16 heavy (non-hydrogen) atoms. The van der Waals surface area contributed by atoms with Crippen molar-refractivity contribution in [2.75, 3.05) is 19.8 Å². The lowest BCUT2D eigenvalue weighted by atomic mass is 10.2. The van der Waals surface area contributed by atoms with Crippen molar-refractivity contribution in [3.05, 3.63) is 29.8 Å². The van der Waals surface area contributed by atoms with E-state index in [0.29, 0.717) is 24.5 Å². The van der Waals surface area contributed by atoms with Gasteiger partial charge in [0.15, 0.2) is 0 Å². The van der Waals surface area contributed by atoms with Crippen molar-refractivity contribution in [3.8, 4) is 5.75 Å². The third-order valence-corrected chi connectivity index (χ3v) is 2.07. The molecule has 3 N–H and O–H groups in total. The van der Waals surface area contributed by atoms with Gasteiger partial charge in [-0.3, -0.25) is 5.41 Å². The monoisotopic (exact) mass is 222 g/mol. The van der Waals surface area contributed by atoms with Crippen LogP contribution in [0.2, 0.25) is 0 Å². The quantitative estimate of drug-likeness (QED) is 0.420. The van der Waals surface area contributed by atoms with Crippen molar-refractivity contribution in [1.29, 1.82) is 5.41 Å². The second-order valence-corrected chi connectivity index (χ2v) is 3.31. The van der Waals surface area contributed by atoms with Crippen LogP contribution in [-0.2, 0) is 4.74 Å². The van der Waals surface area contributed by atoms with E-state index in [4.69, 9.17) is 20.6 Å². The lowest BCUT2D eigenvalue weighted by Gasteiger charge is -2.10. The summed E-state index contributed by atoms with van der Waals surface area (Å²) >= 11 is 0. The third-order valence-electron chi connectivity index (χ3n) is 2.07. The van der Waals surface area contributed by atoms with Crippen LogP contribution in [-0.4, -0.2) is 25.7 Å². The first kappa shape index (κ1) is 12.5. The molecule has 4 nitrogen and oxygen atoms in total. The van der Waals surface area contributed by atoms with Gasteiger partial charge in [0.2, 0.25) is 0 Å². The SMILES string of the molecule is CCOCCCOc1ccccc1C(=N)N. The fourth-order valence-electron chi connectivity index (χ4n) is 1.30. The molecule has 0 saturated carbocycles. The zero-order chi connectivity index (χ0) is 11.8. The van der Waals surface area contributed by atoms with Crippen molar-refractivity contribution >= 4 is 5.84 Å². The van der Waals surface area contributed by atoms with Gasteiger partial charge >= 0.3 is 0 Å². The molecule has 0 heterocycles. The van der Waals surface area contributed by atoms with E-state index in [-0.39, 0.29) is 5.84 Å². The molecule has 1 rings (SSSR count). The van der Waals surface area contributed by atoms with Gasteiger partial charge in [-0.15, -0.1) is 0 Å². The molecule has 0 fully saturated rings. The molecule has 0 aliphatic carbocycles. The maximum absolute atomic E-state index is 7.40. The summed E-state index contributed by atoms with van der Waals surface area (Å²) in [5, 5.41) is 7.40. The van der Waals surface area contributed by atoms with Crippen molar-refractivity contribution < 1.29 is 9.47 Å². The minimum absolute atomic E-state index is 0.0282. The van der Waals surface area contributed by atoms with Gasteiger partial charge in [0, 0.05) is 19.6 Å². The molecule has 0 saturated heterocycles. The minimum Gasteiger partial charge on any atom is -0.493 e. The lowest BCUT2D eigenvalue weighted by molar-refractivity contribution is 0.131.